The van der Waals surface area contributed by atoms with Crippen molar-refractivity contribution in [2.75, 3.05) is 39.5 Å². The average Bonchev–Trinajstić information content (AvgIpc) is 2.33. The average molecular weight is 381 g/mol. The van der Waals surface area contributed by atoms with Gasteiger partial charge in [0.1, 0.15) is 13.2 Å². The van der Waals surface area contributed by atoms with Gasteiger partial charge in [-0.05, 0) is 24.7 Å². The van der Waals surface area contributed by atoms with Crippen LogP contribution in [0.25, 0.3) is 0 Å². The van der Waals surface area contributed by atoms with Crippen molar-refractivity contribution in [2.45, 2.75) is 54.4 Å². The maximum atomic E-state index is 12.7. The summed E-state index contributed by atoms with van der Waals surface area (Å²) in [7, 11) is -0.0162. The van der Waals surface area contributed by atoms with Gasteiger partial charge < -0.3 is 9.22 Å². The normalized spacial score (nSPS) is 15.9. The largest absolute Gasteiger partial charge is 0.459 e. The van der Waals surface area contributed by atoms with Gasteiger partial charge >= 0.3 is 5.97 Å². The molecule has 0 aliphatic rings. The summed E-state index contributed by atoms with van der Waals surface area (Å²) in [5.74, 6) is -0.238. The van der Waals surface area contributed by atoms with Crippen LogP contribution in [0.2, 0.25) is 0 Å². The van der Waals surface area contributed by atoms with Crippen molar-refractivity contribution in [1.82, 2.24) is 0 Å². The highest BCUT2D eigenvalue weighted by Crippen LogP contribution is 2.40. The lowest BCUT2D eigenvalue weighted by molar-refractivity contribution is -0.890. The molecule has 150 valence electrons. The van der Waals surface area contributed by atoms with E-state index in [0.717, 1.165) is 6.42 Å². The molecule has 0 aromatic carbocycles. The van der Waals surface area contributed by atoms with Gasteiger partial charge in [0.2, 0.25) is 0 Å². The van der Waals surface area contributed by atoms with Crippen LogP contribution in [0.5, 0.6) is 0 Å². The van der Waals surface area contributed by atoms with Crippen LogP contribution in [-0.2, 0) is 19.6 Å². The third-order valence-corrected chi connectivity index (χ3v) is 5.54. The first-order valence-corrected chi connectivity index (χ1v) is 10.5. The number of likely N-dealkylation sites (N-methyl/N-ethyl adjacent to an activating group) is 1. The standard InChI is InChI=1S/C18H37NO5S/c1-15(2)18(6,14-17(3,4)5)16(20)24-12-11-19(7,8)10-9-13-25(21,22)23/h15H,9-14H2,1-8H3/p+1. The molecule has 25 heavy (non-hydrogen) atoms. The van der Waals surface area contributed by atoms with Gasteiger partial charge in [-0.15, -0.1) is 0 Å². The van der Waals surface area contributed by atoms with Gasteiger partial charge in [-0.3, -0.25) is 9.35 Å². The highest BCUT2D eigenvalue weighted by molar-refractivity contribution is 7.85. The maximum Gasteiger partial charge on any atom is 0.312 e. The summed E-state index contributed by atoms with van der Waals surface area (Å²) in [6.07, 6.45) is 1.12. The first kappa shape index (κ1) is 24.3. The second-order valence-electron chi connectivity index (χ2n) is 9.47. The van der Waals surface area contributed by atoms with Crippen molar-refractivity contribution >= 4 is 16.1 Å². The lowest BCUT2D eigenvalue weighted by Gasteiger charge is -2.37. The molecule has 0 saturated heterocycles. The van der Waals surface area contributed by atoms with Gasteiger partial charge in [0.05, 0.1) is 31.8 Å². The number of quaternary nitrogens is 1. The molecule has 7 heteroatoms. The molecule has 0 aromatic heterocycles. The van der Waals surface area contributed by atoms with E-state index in [1.165, 1.54) is 0 Å². The fourth-order valence-electron chi connectivity index (χ4n) is 2.95. The van der Waals surface area contributed by atoms with E-state index in [2.05, 4.69) is 20.8 Å². The van der Waals surface area contributed by atoms with Crippen molar-refractivity contribution < 1.29 is 27.0 Å². The minimum atomic E-state index is -3.92. The van der Waals surface area contributed by atoms with Crippen LogP contribution in [-0.4, -0.2) is 63.0 Å². The number of esters is 1. The number of hydrogen-bond acceptors (Lipinski definition) is 4. The molecule has 0 aliphatic carbocycles. The fourth-order valence-corrected chi connectivity index (χ4v) is 3.44. The lowest BCUT2D eigenvalue weighted by Crippen LogP contribution is -2.45. The number of carbonyl (C=O) groups excluding carboxylic acids is 1. The topological polar surface area (TPSA) is 80.7 Å². The second kappa shape index (κ2) is 8.82. The van der Waals surface area contributed by atoms with E-state index in [9.17, 15) is 13.2 Å². The summed E-state index contributed by atoms with van der Waals surface area (Å²) >= 11 is 0. The molecule has 1 unspecified atom stereocenters. The SMILES string of the molecule is CC(C)C(C)(CC(C)(C)C)C(=O)OCC[N+](C)(C)CCCS(=O)(=O)O. The Kier molecular flexibility index (Phi) is 8.59. The molecule has 0 heterocycles. The van der Waals surface area contributed by atoms with E-state index in [0.29, 0.717) is 30.6 Å². The molecule has 6 nitrogen and oxygen atoms in total. The molecule has 0 aliphatic heterocycles. The molecule has 0 fully saturated rings. The van der Waals surface area contributed by atoms with Crippen molar-refractivity contribution in [2.24, 2.45) is 16.7 Å². The molecule has 0 rings (SSSR count). The smallest absolute Gasteiger partial charge is 0.312 e. The molecular formula is C18H38NO5S+. The first-order chi connectivity index (χ1) is 11.0. The number of nitrogens with zero attached hydrogens (tertiary/aromatic N) is 1. The zero-order valence-electron chi connectivity index (χ0n) is 17.3. The van der Waals surface area contributed by atoms with Crippen LogP contribution in [0.3, 0.4) is 0 Å². The van der Waals surface area contributed by atoms with E-state index in [1.54, 1.807) is 0 Å². The van der Waals surface area contributed by atoms with Crippen LogP contribution in [0.1, 0.15) is 54.4 Å². The molecule has 0 spiro atoms. The van der Waals surface area contributed by atoms with E-state index in [4.69, 9.17) is 9.29 Å². The Labute approximate surface area is 154 Å². The van der Waals surface area contributed by atoms with Gasteiger partial charge in [0, 0.05) is 6.42 Å². The van der Waals surface area contributed by atoms with Crippen LogP contribution >= 0.6 is 0 Å². The molecule has 0 bridgehead atoms. The number of carbonyl (C=O) groups is 1. The van der Waals surface area contributed by atoms with E-state index < -0.39 is 15.5 Å². The summed E-state index contributed by atoms with van der Waals surface area (Å²) in [5.41, 5.74) is -0.497. The molecule has 0 radical (unpaired) electrons. The number of hydrogen-bond donors (Lipinski definition) is 1. The van der Waals surface area contributed by atoms with Crippen molar-refractivity contribution in [3.63, 3.8) is 0 Å². The molecular weight excluding hydrogens is 342 g/mol. The first-order valence-electron chi connectivity index (χ1n) is 8.93. The summed E-state index contributed by atoms with van der Waals surface area (Å²) in [4.78, 5) is 12.7. The van der Waals surface area contributed by atoms with Crippen molar-refractivity contribution in [1.29, 1.82) is 0 Å². The predicted molar refractivity (Wildman–Crippen MR) is 101 cm³/mol. The Hall–Kier alpha value is -0.660. The number of ether oxygens (including phenoxy) is 1. The van der Waals surface area contributed by atoms with Gasteiger partial charge in [-0.25, -0.2) is 0 Å². The molecule has 0 amide bonds. The fraction of sp³-hybridized carbons (Fsp3) is 0.944. The van der Waals surface area contributed by atoms with E-state index >= 15 is 0 Å². The predicted octanol–water partition coefficient (Wildman–Crippen LogP) is 2.98. The van der Waals surface area contributed by atoms with Crippen LogP contribution < -0.4 is 0 Å². The summed E-state index contributed by atoms with van der Waals surface area (Å²) in [6.45, 7) is 13.9. The Morgan fingerprint density at radius 2 is 1.64 bits per heavy atom. The Morgan fingerprint density at radius 1 is 1.12 bits per heavy atom. The Bertz CT molecular complexity index is 534. The van der Waals surface area contributed by atoms with Gasteiger partial charge in [0.25, 0.3) is 10.1 Å². The lowest BCUT2D eigenvalue weighted by atomic mass is 9.69. The highest BCUT2D eigenvalue weighted by atomic mass is 32.2. The highest BCUT2D eigenvalue weighted by Gasteiger charge is 2.41. The van der Waals surface area contributed by atoms with Gasteiger partial charge in [0.15, 0.2) is 0 Å². The zero-order valence-corrected chi connectivity index (χ0v) is 18.1. The van der Waals surface area contributed by atoms with Gasteiger partial charge in [-0.1, -0.05) is 34.6 Å². The Balaban J connectivity index is 4.60. The van der Waals surface area contributed by atoms with Gasteiger partial charge in [-0.2, -0.15) is 8.42 Å². The van der Waals surface area contributed by atoms with Crippen LogP contribution in [0.15, 0.2) is 0 Å². The monoisotopic (exact) mass is 380 g/mol. The van der Waals surface area contributed by atoms with Crippen molar-refractivity contribution in [3.05, 3.63) is 0 Å². The summed E-state index contributed by atoms with van der Waals surface area (Å²) in [5, 5.41) is 0. The molecule has 0 aromatic rings. The molecule has 0 saturated carbocycles. The summed E-state index contributed by atoms with van der Waals surface area (Å²) in [6, 6.07) is 0. The third kappa shape index (κ3) is 10.2. The summed E-state index contributed by atoms with van der Waals surface area (Å²) < 4.78 is 36.5. The third-order valence-electron chi connectivity index (χ3n) is 4.73. The minimum absolute atomic E-state index is 0.0309. The minimum Gasteiger partial charge on any atom is -0.459 e. The van der Waals surface area contributed by atoms with E-state index in [-0.39, 0.29) is 23.1 Å². The van der Waals surface area contributed by atoms with E-state index in [1.807, 2.05) is 34.9 Å². The Morgan fingerprint density at radius 3 is 2.04 bits per heavy atom. The number of rotatable bonds is 10. The zero-order chi connectivity index (χ0) is 20.1. The maximum absolute atomic E-state index is 12.7. The molecule has 1 N–H and O–H groups in total. The second-order valence-corrected chi connectivity index (χ2v) is 11.0. The van der Waals surface area contributed by atoms with Crippen LogP contribution in [0, 0.1) is 16.7 Å². The van der Waals surface area contributed by atoms with Crippen molar-refractivity contribution in [3.8, 4) is 0 Å². The van der Waals surface area contributed by atoms with Crippen LogP contribution in [0.4, 0.5) is 0 Å². The quantitative estimate of drug-likeness (QED) is 0.358. The molecule has 1 atom stereocenters.